The molecular weight excluding hydrogens is 202 g/mol. The number of aliphatic hydroxyl groups excluding tert-OH is 1. The summed E-state index contributed by atoms with van der Waals surface area (Å²) in [6.07, 6.45) is -2.34. The van der Waals surface area contributed by atoms with Gasteiger partial charge in [0.2, 0.25) is 0 Å². The molecule has 0 aliphatic rings. The summed E-state index contributed by atoms with van der Waals surface area (Å²) in [5.74, 6) is 0. The second kappa shape index (κ2) is 6.35. The molecule has 1 atom stereocenters. The van der Waals surface area contributed by atoms with Crippen LogP contribution in [0.1, 0.15) is 20.8 Å². The van der Waals surface area contributed by atoms with Crippen molar-refractivity contribution in [2.24, 2.45) is 0 Å². The Morgan fingerprint density at radius 1 is 1.40 bits per heavy atom. The summed E-state index contributed by atoms with van der Waals surface area (Å²) in [5, 5.41) is 12.4. The number of hydrogen-bond acceptors (Lipinski definition) is 3. The Morgan fingerprint density at radius 2 is 1.93 bits per heavy atom. The zero-order chi connectivity index (χ0) is 12.1. The van der Waals surface area contributed by atoms with E-state index in [0.717, 1.165) is 0 Å². The van der Waals surface area contributed by atoms with E-state index >= 15 is 0 Å². The van der Waals surface area contributed by atoms with Crippen molar-refractivity contribution in [2.45, 2.75) is 38.8 Å². The van der Waals surface area contributed by atoms with Crippen LogP contribution in [0.25, 0.3) is 0 Å². The minimum absolute atomic E-state index is 0.0707. The van der Waals surface area contributed by atoms with Crippen LogP contribution < -0.4 is 5.32 Å². The summed E-state index contributed by atoms with van der Waals surface area (Å²) in [5.41, 5.74) is -0.530. The van der Waals surface area contributed by atoms with Gasteiger partial charge in [-0.2, -0.15) is 0 Å². The van der Waals surface area contributed by atoms with E-state index in [1.54, 1.807) is 7.05 Å². The molecular formula is C10H22F2N2O. The second-order valence-electron chi connectivity index (χ2n) is 4.61. The standard InChI is InChI=1S/C10H22F2N2O/c1-8(2)13-10(3,7-15)6-14(4)5-9(11)12/h8-9,13,15H,5-7H2,1-4H3. The first-order valence-corrected chi connectivity index (χ1v) is 5.14. The maximum Gasteiger partial charge on any atom is 0.251 e. The van der Waals surface area contributed by atoms with Gasteiger partial charge in [-0.3, -0.25) is 4.90 Å². The van der Waals surface area contributed by atoms with E-state index in [1.165, 1.54) is 4.90 Å². The number of hydrogen-bond donors (Lipinski definition) is 2. The summed E-state index contributed by atoms with van der Waals surface area (Å²) in [7, 11) is 1.63. The van der Waals surface area contributed by atoms with Gasteiger partial charge < -0.3 is 10.4 Å². The Balaban J connectivity index is 4.17. The summed E-state index contributed by atoms with van der Waals surface area (Å²) in [6.45, 7) is 5.80. The molecule has 0 rings (SSSR count). The van der Waals surface area contributed by atoms with Gasteiger partial charge in [0, 0.05) is 12.6 Å². The van der Waals surface area contributed by atoms with E-state index in [1.807, 2.05) is 20.8 Å². The highest BCUT2D eigenvalue weighted by Gasteiger charge is 2.26. The van der Waals surface area contributed by atoms with E-state index in [2.05, 4.69) is 5.32 Å². The summed E-state index contributed by atoms with van der Waals surface area (Å²) < 4.78 is 24.2. The van der Waals surface area contributed by atoms with Crippen molar-refractivity contribution in [1.82, 2.24) is 10.2 Å². The van der Waals surface area contributed by atoms with Gasteiger partial charge in [-0.25, -0.2) is 8.78 Å². The van der Waals surface area contributed by atoms with Crippen molar-refractivity contribution in [3.05, 3.63) is 0 Å². The summed E-state index contributed by atoms with van der Waals surface area (Å²) in [4.78, 5) is 1.52. The fourth-order valence-corrected chi connectivity index (χ4v) is 1.73. The van der Waals surface area contributed by atoms with Gasteiger partial charge in [0.05, 0.1) is 18.7 Å². The first kappa shape index (κ1) is 14.7. The number of rotatable bonds is 7. The van der Waals surface area contributed by atoms with Crippen molar-refractivity contribution >= 4 is 0 Å². The SMILES string of the molecule is CC(C)NC(C)(CO)CN(C)CC(F)F. The van der Waals surface area contributed by atoms with Crippen LogP contribution in [0.15, 0.2) is 0 Å². The molecule has 0 saturated heterocycles. The Labute approximate surface area is 90.5 Å². The van der Waals surface area contributed by atoms with E-state index in [9.17, 15) is 13.9 Å². The highest BCUT2D eigenvalue weighted by Crippen LogP contribution is 2.08. The predicted molar refractivity (Wildman–Crippen MR) is 57.3 cm³/mol. The van der Waals surface area contributed by atoms with Gasteiger partial charge in [0.25, 0.3) is 6.43 Å². The Hall–Kier alpha value is -0.260. The van der Waals surface area contributed by atoms with Crippen LogP contribution in [0.3, 0.4) is 0 Å². The van der Waals surface area contributed by atoms with E-state index < -0.39 is 12.0 Å². The van der Waals surface area contributed by atoms with E-state index in [-0.39, 0.29) is 19.2 Å². The molecule has 3 nitrogen and oxygen atoms in total. The van der Waals surface area contributed by atoms with Crippen LogP contribution in [-0.2, 0) is 0 Å². The average Bonchev–Trinajstić information content (AvgIpc) is 2.00. The van der Waals surface area contributed by atoms with Crippen molar-refractivity contribution in [3.8, 4) is 0 Å². The molecule has 15 heavy (non-hydrogen) atoms. The molecule has 5 heteroatoms. The lowest BCUT2D eigenvalue weighted by molar-refractivity contribution is 0.0695. The monoisotopic (exact) mass is 224 g/mol. The minimum Gasteiger partial charge on any atom is -0.394 e. The van der Waals surface area contributed by atoms with Gasteiger partial charge in [0.1, 0.15) is 0 Å². The van der Waals surface area contributed by atoms with Crippen molar-refractivity contribution < 1.29 is 13.9 Å². The molecule has 2 N–H and O–H groups in total. The largest absolute Gasteiger partial charge is 0.394 e. The molecule has 0 spiro atoms. The van der Waals surface area contributed by atoms with Crippen LogP contribution in [0.4, 0.5) is 8.78 Å². The molecule has 0 fully saturated rings. The number of aliphatic hydroxyl groups is 1. The maximum absolute atomic E-state index is 12.1. The Bertz CT molecular complexity index is 179. The minimum atomic E-state index is -2.34. The third-order valence-electron chi connectivity index (χ3n) is 2.05. The third kappa shape index (κ3) is 6.76. The number of likely N-dealkylation sites (N-methyl/N-ethyl adjacent to an activating group) is 1. The zero-order valence-electron chi connectivity index (χ0n) is 9.93. The molecule has 0 bridgehead atoms. The second-order valence-corrected chi connectivity index (χ2v) is 4.61. The molecule has 0 amide bonds. The van der Waals surface area contributed by atoms with Gasteiger partial charge in [-0.1, -0.05) is 13.8 Å². The number of nitrogens with one attached hydrogen (secondary N) is 1. The molecule has 0 aliphatic heterocycles. The zero-order valence-corrected chi connectivity index (χ0v) is 9.93. The number of alkyl halides is 2. The topological polar surface area (TPSA) is 35.5 Å². The van der Waals surface area contributed by atoms with Gasteiger partial charge in [0.15, 0.2) is 0 Å². The normalized spacial score (nSPS) is 16.4. The van der Waals surface area contributed by atoms with Gasteiger partial charge >= 0.3 is 0 Å². The lowest BCUT2D eigenvalue weighted by atomic mass is 10.0. The first-order chi connectivity index (χ1) is 6.79. The van der Waals surface area contributed by atoms with Crippen LogP contribution in [0.2, 0.25) is 0 Å². The molecule has 0 saturated carbocycles. The van der Waals surface area contributed by atoms with Gasteiger partial charge in [-0.15, -0.1) is 0 Å². The maximum atomic E-state index is 12.1. The third-order valence-corrected chi connectivity index (χ3v) is 2.05. The summed E-state index contributed by atoms with van der Waals surface area (Å²) in [6, 6.07) is 0.210. The summed E-state index contributed by atoms with van der Waals surface area (Å²) >= 11 is 0. The van der Waals surface area contributed by atoms with E-state index in [0.29, 0.717) is 6.54 Å². The molecule has 0 aromatic carbocycles. The molecule has 92 valence electrons. The quantitative estimate of drug-likeness (QED) is 0.675. The van der Waals surface area contributed by atoms with Crippen LogP contribution in [0.5, 0.6) is 0 Å². The van der Waals surface area contributed by atoms with Gasteiger partial charge in [-0.05, 0) is 14.0 Å². The Morgan fingerprint density at radius 3 is 2.27 bits per heavy atom. The molecule has 0 aliphatic carbocycles. The Kier molecular flexibility index (Phi) is 6.24. The van der Waals surface area contributed by atoms with Crippen molar-refractivity contribution in [1.29, 1.82) is 0 Å². The predicted octanol–water partition coefficient (Wildman–Crippen LogP) is 0.932. The van der Waals surface area contributed by atoms with Crippen molar-refractivity contribution in [3.63, 3.8) is 0 Å². The lowest BCUT2D eigenvalue weighted by Crippen LogP contribution is -2.56. The molecule has 0 heterocycles. The fourth-order valence-electron chi connectivity index (χ4n) is 1.73. The highest BCUT2D eigenvalue weighted by molar-refractivity contribution is 4.86. The van der Waals surface area contributed by atoms with Crippen molar-refractivity contribution in [2.75, 3.05) is 26.7 Å². The molecule has 0 aromatic rings. The van der Waals surface area contributed by atoms with Crippen LogP contribution in [0, 0.1) is 0 Å². The average molecular weight is 224 g/mol. The number of halogens is 2. The van der Waals surface area contributed by atoms with Crippen LogP contribution >= 0.6 is 0 Å². The first-order valence-electron chi connectivity index (χ1n) is 5.14. The van der Waals surface area contributed by atoms with Crippen LogP contribution in [-0.4, -0.2) is 54.8 Å². The molecule has 1 unspecified atom stereocenters. The molecule has 0 aromatic heterocycles. The fraction of sp³-hybridized carbons (Fsp3) is 1.00. The highest BCUT2D eigenvalue weighted by atomic mass is 19.3. The number of nitrogens with zero attached hydrogens (tertiary/aromatic N) is 1. The van der Waals surface area contributed by atoms with E-state index in [4.69, 9.17) is 0 Å². The lowest BCUT2D eigenvalue weighted by Gasteiger charge is -2.34. The smallest absolute Gasteiger partial charge is 0.251 e. The molecule has 0 radical (unpaired) electrons.